The predicted molar refractivity (Wildman–Crippen MR) is 49.3 cm³/mol. The average molecular weight is 184 g/mol. The SMILES string of the molecule is CCC1C(=O)NCCN1CC(C)=O. The highest BCUT2D eigenvalue weighted by atomic mass is 16.2. The zero-order valence-electron chi connectivity index (χ0n) is 8.17. The highest BCUT2D eigenvalue weighted by Gasteiger charge is 2.28. The third kappa shape index (κ3) is 2.52. The van der Waals surface area contributed by atoms with E-state index in [1.165, 1.54) is 0 Å². The van der Waals surface area contributed by atoms with Crippen molar-refractivity contribution in [2.45, 2.75) is 26.3 Å². The van der Waals surface area contributed by atoms with Gasteiger partial charge in [-0.25, -0.2) is 0 Å². The molecule has 0 aromatic carbocycles. The van der Waals surface area contributed by atoms with Crippen molar-refractivity contribution in [1.82, 2.24) is 10.2 Å². The summed E-state index contributed by atoms with van der Waals surface area (Å²) in [6.45, 7) is 5.35. The summed E-state index contributed by atoms with van der Waals surface area (Å²) in [5.41, 5.74) is 0. The Morgan fingerprint density at radius 1 is 1.69 bits per heavy atom. The Labute approximate surface area is 78.3 Å². The Bertz CT molecular complexity index is 216. The van der Waals surface area contributed by atoms with Crippen molar-refractivity contribution < 1.29 is 9.59 Å². The van der Waals surface area contributed by atoms with Gasteiger partial charge in [-0.3, -0.25) is 14.5 Å². The second-order valence-electron chi connectivity index (χ2n) is 3.39. The standard InChI is InChI=1S/C9H16N2O2/c1-3-8-9(13)10-4-5-11(8)6-7(2)12/h8H,3-6H2,1-2H3,(H,10,13). The number of amides is 1. The lowest BCUT2D eigenvalue weighted by atomic mass is 10.1. The Hall–Kier alpha value is -0.900. The Morgan fingerprint density at radius 3 is 2.92 bits per heavy atom. The molecule has 1 aliphatic rings. The molecule has 1 amide bonds. The fraction of sp³-hybridized carbons (Fsp3) is 0.778. The molecule has 1 fully saturated rings. The molecule has 1 aliphatic heterocycles. The molecule has 0 saturated carbocycles. The molecule has 74 valence electrons. The fourth-order valence-electron chi connectivity index (χ4n) is 1.68. The van der Waals surface area contributed by atoms with Gasteiger partial charge < -0.3 is 5.32 Å². The second-order valence-corrected chi connectivity index (χ2v) is 3.39. The molecular weight excluding hydrogens is 168 g/mol. The summed E-state index contributed by atoms with van der Waals surface area (Å²) in [5.74, 6) is 0.170. The lowest BCUT2D eigenvalue weighted by Gasteiger charge is -2.33. The molecule has 1 unspecified atom stereocenters. The first kappa shape index (κ1) is 10.2. The van der Waals surface area contributed by atoms with Crippen molar-refractivity contribution in [1.29, 1.82) is 0 Å². The van der Waals surface area contributed by atoms with Gasteiger partial charge in [0.15, 0.2) is 0 Å². The molecule has 0 aromatic rings. The summed E-state index contributed by atoms with van der Waals surface area (Å²) in [5, 5.41) is 2.79. The number of ketones is 1. The lowest BCUT2D eigenvalue weighted by molar-refractivity contribution is -0.130. The minimum Gasteiger partial charge on any atom is -0.353 e. The average Bonchev–Trinajstić information content (AvgIpc) is 2.03. The van der Waals surface area contributed by atoms with Crippen LogP contribution in [0.5, 0.6) is 0 Å². The predicted octanol–water partition coefficient (Wildman–Crippen LogP) is -0.214. The zero-order chi connectivity index (χ0) is 9.84. The molecule has 1 heterocycles. The van der Waals surface area contributed by atoms with Crippen LogP contribution in [0.4, 0.5) is 0 Å². The van der Waals surface area contributed by atoms with Crippen LogP contribution in [-0.4, -0.2) is 42.3 Å². The molecule has 1 rings (SSSR count). The number of piperazine rings is 1. The number of carbonyl (C=O) groups excluding carboxylic acids is 2. The lowest BCUT2D eigenvalue weighted by Crippen LogP contribution is -2.55. The van der Waals surface area contributed by atoms with Crippen LogP contribution in [0.1, 0.15) is 20.3 Å². The van der Waals surface area contributed by atoms with Crippen LogP contribution in [0.25, 0.3) is 0 Å². The van der Waals surface area contributed by atoms with E-state index in [1.54, 1.807) is 6.92 Å². The van der Waals surface area contributed by atoms with E-state index >= 15 is 0 Å². The molecule has 0 aromatic heterocycles. The van der Waals surface area contributed by atoms with Gasteiger partial charge in [-0.2, -0.15) is 0 Å². The number of rotatable bonds is 3. The summed E-state index contributed by atoms with van der Waals surface area (Å²) in [7, 11) is 0. The molecule has 0 radical (unpaired) electrons. The summed E-state index contributed by atoms with van der Waals surface area (Å²) < 4.78 is 0. The van der Waals surface area contributed by atoms with Crippen LogP contribution in [0, 0.1) is 0 Å². The summed E-state index contributed by atoms with van der Waals surface area (Å²) in [4.78, 5) is 24.2. The number of carbonyl (C=O) groups is 2. The summed E-state index contributed by atoms with van der Waals surface area (Å²) in [6, 6.07) is -0.113. The van der Waals surface area contributed by atoms with Crippen molar-refractivity contribution in [3.05, 3.63) is 0 Å². The van der Waals surface area contributed by atoms with Crippen LogP contribution in [0.3, 0.4) is 0 Å². The number of nitrogens with zero attached hydrogens (tertiary/aromatic N) is 1. The third-order valence-corrected chi connectivity index (χ3v) is 2.25. The third-order valence-electron chi connectivity index (χ3n) is 2.25. The minimum absolute atomic E-state index is 0.0509. The van der Waals surface area contributed by atoms with Gasteiger partial charge in [0.25, 0.3) is 0 Å². The molecule has 1 saturated heterocycles. The van der Waals surface area contributed by atoms with Gasteiger partial charge in [-0.05, 0) is 13.3 Å². The van der Waals surface area contributed by atoms with Crippen molar-refractivity contribution in [2.24, 2.45) is 0 Å². The molecule has 0 aliphatic carbocycles. The first-order valence-electron chi connectivity index (χ1n) is 4.66. The molecule has 4 nitrogen and oxygen atoms in total. The van der Waals surface area contributed by atoms with Gasteiger partial charge in [-0.1, -0.05) is 6.92 Å². The van der Waals surface area contributed by atoms with Crippen molar-refractivity contribution >= 4 is 11.7 Å². The van der Waals surface area contributed by atoms with Gasteiger partial charge in [-0.15, -0.1) is 0 Å². The molecular formula is C9H16N2O2. The number of hydrogen-bond acceptors (Lipinski definition) is 3. The highest BCUT2D eigenvalue weighted by Crippen LogP contribution is 2.07. The Balaban J connectivity index is 2.59. The first-order valence-corrected chi connectivity index (χ1v) is 4.66. The molecule has 13 heavy (non-hydrogen) atoms. The molecule has 0 bridgehead atoms. The van der Waals surface area contributed by atoms with Crippen LogP contribution in [0.15, 0.2) is 0 Å². The smallest absolute Gasteiger partial charge is 0.237 e. The topological polar surface area (TPSA) is 49.4 Å². The molecule has 1 N–H and O–H groups in total. The van der Waals surface area contributed by atoms with E-state index in [9.17, 15) is 9.59 Å². The van der Waals surface area contributed by atoms with E-state index in [0.717, 1.165) is 13.0 Å². The molecule has 1 atom stereocenters. The maximum atomic E-state index is 11.4. The van der Waals surface area contributed by atoms with E-state index in [-0.39, 0.29) is 17.7 Å². The fourth-order valence-corrected chi connectivity index (χ4v) is 1.68. The van der Waals surface area contributed by atoms with Crippen molar-refractivity contribution in [3.63, 3.8) is 0 Å². The van der Waals surface area contributed by atoms with Gasteiger partial charge >= 0.3 is 0 Å². The van der Waals surface area contributed by atoms with E-state index in [4.69, 9.17) is 0 Å². The van der Waals surface area contributed by atoms with Gasteiger partial charge in [0.2, 0.25) is 5.91 Å². The van der Waals surface area contributed by atoms with E-state index in [0.29, 0.717) is 13.1 Å². The number of nitrogens with one attached hydrogen (secondary N) is 1. The maximum absolute atomic E-state index is 11.4. The molecule has 0 spiro atoms. The van der Waals surface area contributed by atoms with Crippen LogP contribution in [-0.2, 0) is 9.59 Å². The first-order chi connectivity index (χ1) is 6.15. The Kier molecular flexibility index (Phi) is 3.42. The maximum Gasteiger partial charge on any atom is 0.237 e. The highest BCUT2D eigenvalue weighted by molar-refractivity contribution is 5.84. The summed E-state index contributed by atoms with van der Waals surface area (Å²) >= 11 is 0. The van der Waals surface area contributed by atoms with E-state index < -0.39 is 0 Å². The van der Waals surface area contributed by atoms with E-state index in [1.807, 2.05) is 11.8 Å². The minimum atomic E-state index is -0.113. The van der Waals surface area contributed by atoms with Crippen LogP contribution < -0.4 is 5.32 Å². The quantitative estimate of drug-likeness (QED) is 0.660. The Morgan fingerprint density at radius 2 is 2.38 bits per heavy atom. The number of hydrogen-bond donors (Lipinski definition) is 1. The van der Waals surface area contributed by atoms with Crippen LogP contribution >= 0.6 is 0 Å². The molecule has 4 heteroatoms. The van der Waals surface area contributed by atoms with E-state index in [2.05, 4.69) is 5.32 Å². The van der Waals surface area contributed by atoms with Gasteiger partial charge in [0.1, 0.15) is 5.78 Å². The monoisotopic (exact) mass is 184 g/mol. The van der Waals surface area contributed by atoms with Crippen LogP contribution in [0.2, 0.25) is 0 Å². The zero-order valence-corrected chi connectivity index (χ0v) is 8.17. The van der Waals surface area contributed by atoms with Crippen molar-refractivity contribution in [3.8, 4) is 0 Å². The van der Waals surface area contributed by atoms with Crippen molar-refractivity contribution in [2.75, 3.05) is 19.6 Å². The van der Waals surface area contributed by atoms with Gasteiger partial charge in [0, 0.05) is 13.1 Å². The number of Topliss-reactive ketones (excluding diaryl/α,β-unsaturated/α-hetero) is 1. The largest absolute Gasteiger partial charge is 0.353 e. The van der Waals surface area contributed by atoms with Gasteiger partial charge in [0.05, 0.1) is 12.6 Å². The second kappa shape index (κ2) is 4.37. The summed E-state index contributed by atoms with van der Waals surface area (Å²) in [6.07, 6.45) is 0.763. The normalized spacial score (nSPS) is 24.2.